The first kappa shape index (κ1) is 17.9. The Hall–Kier alpha value is -3.46. The highest BCUT2D eigenvalue weighted by Gasteiger charge is 2.20. The molecule has 4 rings (SSSR count). The molecule has 9 heteroatoms. The molecular formula is C19H15N3O5S. The van der Waals surface area contributed by atoms with E-state index in [9.17, 15) is 14.9 Å². The van der Waals surface area contributed by atoms with E-state index in [1.165, 1.54) is 29.5 Å². The Kier molecular flexibility index (Phi) is 4.66. The summed E-state index contributed by atoms with van der Waals surface area (Å²) in [6, 6.07) is 9.46. The Labute approximate surface area is 163 Å². The molecule has 0 fully saturated rings. The lowest BCUT2D eigenvalue weighted by Crippen LogP contribution is -2.17. The fourth-order valence-corrected chi connectivity index (χ4v) is 4.01. The maximum atomic E-state index is 12.7. The first-order valence-electron chi connectivity index (χ1n) is 8.45. The minimum atomic E-state index is -0.672. The summed E-state index contributed by atoms with van der Waals surface area (Å²) in [5.74, 6) is 0.599. The zero-order valence-corrected chi connectivity index (χ0v) is 15.5. The van der Waals surface area contributed by atoms with Gasteiger partial charge in [-0.1, -0.05) is 29.5 Å². The number of para-hydroxylation sites is 1. The monoisotopic (exact) mass is 397 g/mol. The van der Waals surface area contributed by atoms with Crippen LogP contribution in [0.1, 0.15) is 10.4 Å². The predicted molar refractivity (Wildman–Crippen MR) is 104 cm³/mol. The van der Waals surface area contributed by atoms with Crippen LogP contribution in [0.5, 0.6) is 11.5 Å². The molecule has 8 nitrogen and oxygen atoms in total. The van der Waals surface area contributed by atoms with Gasteiger partial charge in [0, 0.05) is 24.7 Å². The molecule has 1 amide bonds. The molecular weight excluding hydrogens is 382 g/mol. The maximum Gasteiger partial charge on any atom is 0.286 e. The van der Waals surface area contributed by atoms with Gasteiger partial charge in [-0.05, 0) is 6.07 Å². The number of nitro groups is 1. The van der Waals surface area contributed by atoms with E-state index in [1.54, 1.807) is 12.1 Å². The Balaban J connectivity index is 1.88. The number of amides is 1. The number of carbonyl (C=O) groups is 1. The van der Waals surface area contributed by atoms with Gasteiger partial charge >= 0.3 is 0 Å². The van der Waals surface area contributed by atoms with E-state index >= 15 is 0 Å². The second kappa shape index (κ2) is 7.28. The highest BCUT2D eigenvalue weighted by molar-refractivity contribution is 7.16. The molecule has 0 atom stereocenters. The topological polar surface area (TPSA) is 96.0 Å². The third-order valence-corrected chi connectivity index (χ3v) is 5.23. The summed E-state index contributed by atoms with van der Waals surface area (Å²) in [5.41, 5.74) is 0.495. The van der Waals surface area contributed by atoms with Crippen LogP contribution in [-0.4, -0.2) is 28.6 Å². The van der Waals surface area contributed by atoms with Crippen molar-refractivity contribution in [2.45, 2.75) is 6.54 Å². The SMILES string of the molecule is C=CCn1c(=NC(=O)c2ccccc2[N+](=O)[O-])sc2cc3c(cc21)OCCO3. The van der Waals surface area contributed by atoms with E-state index in [4.69, 9.17) is 9.47 Å². The number of nitro benzene ring substituents is 1. The molecule has 0 bridgehead atoms. The van der Waals surface area contributed by atoms with Crippen LogP contribution < -0.4 is 14.3 Å². The van der Waals surface area contributed by atoms with Crippen LogP contribution in [0, 0.1) is 10.1 Å². The van der Waals surface area contributed by atoms with Gasteiger partial charge in [0.1, 0.15) is 18.8 Å². The summed E-state index contributed by atoms with van der Waals surface area (Å²) in [6.07, 6.45) is 1.69. The minimum absolute atomic E-state index is 0.0546. The van der Waals surface area contributed by atoms with E-state index in [-0.39, 0.29) is 11.3 Å². The summed E-state index contributed by atoms with van der Waals surface area (Å²) in [4.78, 5) is 27.9. The smallest absolute Gasteiger partial charge is 0.286 e. The molecule has 2 aromatic carbocycles. The van der Waals surface area contributed by atoms with Crippen LogP contribution in [0.2, 0.25) is 0 Å². The van der Waals surface area contributed by atoms with Gasteiger partial charge in [-0.2, -0.15) is 4.99 Å². The molecule has 3 aromatic rings. The lowest BCUT2D eigenvalue weighted by atomic mass is 10.2. The van der Waals surface area contributed by atoms with Gasteiger partial charge in [-0.3, -0.25) is 14.9 Å². The number of hydrogen-bond donors (Lipinski definition) is 0. The molecule has 0 unspecified atom stereocenters. The van der Waals surface area contributed by atoms with Gasteiger partial charge in [0.05, 0.1) is 15.1 Å². The van der Waals surface area contributed by atoms with Crippen molar-refractivity contribution < 1.29 is 19.2 Å². The Bertz CT molecular complexity index is 1180. The second-order valence-corrected chi connectivity index (χ2v) is 6.95. The molecule has 0 aliphatic carbocycles. The van der Waals surface area contributed by atoms with E-state index < -0.39 is 10.8 Å². The molecule has 1 aliphatic heterocycles. The van der Waals surface area contributed by atoms with E-state index in [2.05, 4.69) is 11.6 Å². The number of fused-ring (bicyclic) bond motifs is 2. The number of allylic oxidation sites excluding steroid dienone is 1. The van der Waals surface area contributed by atoms with Crippen molar-refractivity contribution in [2.24, 2.45) is 4.99 Å². The fraction of sp³-hybridized carbons (Fsp3) is 0.158. The van der Waals surface area contributed by atoms with E-state index in [0.29, 0.717) is 36.1 Å². The molecule has 1 aliphatic rings. The summed E-state index contributed by atoms with van der Waals surface area (Å²) in [6.45, 7) is 5.12. The average Bonchev–Trinajstić information content (AvgIpc) is 3.02. The molecule has 142 valence electrons. The van der Waals surface area contributed by atoms with Crippen LogP contribution in [0.15, 0.2) is 54.0 Å². The van der Waals surface area contributed by atoms with Crippen molar-refractivity contribution in [3.63, 3.8) is 0 Å². The summed E-state index contributed by atoms with van der Waals surface area (Å²) in [5, 5.41) is 11.2. The molecule has 1 aromatic heterocycles. The molecule has 0 saturated heterocycles. The van der Waals surface area contributed by atoms with E-state index in [1.807, 2.05) is 16.7 Å². The van der Waals surface area contributed by atoms with Crippen LogP contribution in [0.3, 0.4) is 0 Å². The number of benzene rings is 2. The number of ether oxygens (including phenoxy) is 2. The first-order valence-corrected chi connectivity index (χ1v) is 9.26. The number of aromatic nitrogens is 1. The van der Waals surface area contributed by atoms with E-state index in [0.717, 1.165) is 10.2 Å². The summed E-state index contributed by atoms with van der Waals surface area (Å²) >= 11 is 1.30. The van der Waals surface area contributed by atoms with Gasteiger partial charge in [0.2, 0.25) is 0 Å². The molecule has 0 spiro atoms. The maximum absolute atomic E-state index is 12.7. The quantitative estimate of drug-likeness (QED) is 0.382. The third kappa shape index (κ3) is 3.16. The number of hydrogen-bond acceptors (Lipinski definition) is 6. The first-order chi connectivity index (χ1) is 13.6. The highest BCUT2D eigenvalue weighted by atomic mass is 32.1. The average molecular weight is 397 g/mol. The second-order valence-electron chi connectivity index (χ2n) is 5.94. The number of nitrogens with zero attached hydrogens (tertiary/aromatic N) is 3. The minimum Gasteiger partial charge on any atom is -0.486 e. The highest BCUT2D eigenvalue weighted by Crippen LogP contribution is 2.35. The number of thiazole rings is 1. The molecule has 0 saturated carbocycles. The van der Waals surface area contributed by atoms with Crippen LogP contribution in [0.25, 0.3) is 10.2 Å². The molecule has 2 heterocycles. The zero-order chi connectivity index (χ0) is 19.7. The Morgan fingerprint density at radius 3 is 2.71 bits per heavy atom. The molecule has 0 N–H and O–H groups in total. The van der Waals surface area contributed by atoms with Crippen molar-refractivity contribution in [1.29, 1.82) is 0 Å². The summed E-state index contributed by atoms with van der Waals surface area (Å²) < 4.78 is 13.9. The fourth-order valence-electron chi connectivity index (χ4n) is 2.96. The van der Waals surface area contributed by atoms with Gasteiger partial charge in [-0.15, -0.1) is 6.58 Å². The van der Waals surface area contributed by atoms with Crippen molar-refractivity contribution in [1.82, 2.24) is 4.57 Å². The van der Waals surface area contributed by atoms with Gasteiger partial charge in [0.15, 0.2) is 16.3 Å². The van der Waals surface area contributed by atoms with Crippen molar-refractivity contribution in [2.75, 3.05) is 13.2 Å². The van der Waals surface area contributed by atoms with Gasteiger partial charge in [-0.25, -0.2) is 0 Å². The lowest BCUT2D eigenvalue weighted by molar-refractivity contribution is -0.385. The van der Waals surface area contributed by atoms with Crippen LogP contribution >= 0.6 is 11.3 Å². The predicted octanol–water partition coefficient (Wildman–Crippen LogP) is 3.31. The molecule has 0 radical (unpaired) electrons. The summed E-state index contributed by atoms with van der Waals surface area (Å²) in [7, 11) is 0. The number of rotatable bonds is 4. The standard InChI is InChI=1S/C19H15N3O5S/c1-2-7-21-14-10-15-16(27-9-8-26-15)11-17(14)28-19(21)20-18(23)12-5-3-4-6-13(12)22(24)25/h2-6,10-11H,1,7-9H2. The van der Waals surface area contributed by atoms with Gasteiger partial charge in [0.25, 0.3) is 11.6 Å². The largest absolute Gasteiger partial charge is 0.486 e. The van der Waals surface area contributed by atoms with Crippen molar-refractivity contribution in [3.8, 4) is 11.5 Å². The van der Waals surface area contributed by atoms with Crippen LogP contribution in [0.4, 0.5) is 5.69 Å². The zero-order valence-electron chi connectivity index (χ0n) is 14.7. The van der Waals surface area contributed by atoms with Crippen molar-refractivity contribution >= 4 is 33.1 Å². The Morgan fingerprint density at radius 1 is 1.29 bits per heavy atom. The Morgan fingerprint density at radius 2 is 2.00 bits per heavy atom. The third-order valence-electron chi connectivity index (χ3n) is 4.19. The molecule has 28 heavy (non-hydrogen) atoms. The lowest BCUT2D eigenvalue weighted by Gasteiger charge is -2.18. The van der Waals surface area contributed by atoms with Crippen LogP contribution in [-0.2, 0) is 6.54 Å². The number of carbonyl (C=O) groups excluding carboxylic acids is 1. The van der Waals surface area contributed by atoms with Gasteiger partial charge < -0.3 is 14.0 Å². The normalized spacial score (nSPS) is 13.5. The van der Waals surface area contributed by atoms with Crippen molar-refractivity contribution in [3.05, 3.63) is 69.5 Å².